The summed E-state index contributed by atoms with van der Waals surface area (Å²) in [5.74, 6) is 6.01. The summed E-state index contributed by atoms with van der Waals surface area (Å²) in [6, 6.07) is 0. The van der Waals surface area contributed by atoms with E-state index in [-0.39, 0.29) is 5.41 Å². The van der Waals surface area contributed by atoms with Crippen LogP contribution in [0.1, 0.15) is 40.0 Å². The molecule has 0 atom stereocenters. The average Bonchev–Trinajstić information content (AvgIpc) is 1.77. The minimum atomic E-state index is -0.632. The van der Waals surface area contributed by atoms with Crippen LogP contribution in [-0.4, -0.2) is 10.7 Å². The summed E-state index contributed by atoms with van der Waals surface area (Å²) in [7, 11) is 0. The van der Waals surface area contributed by atoms with Crippen LogP contribution in [-0.2, 0) is 0 Å². The van der Waals surface area contributed by atoms with Crippen molar-refractivity contribution in [2.45, 2.75) is 45.6 Å². The van der Waals surface area contributed by atoms with Crippen LogP contribution < -0.4 is 0 Å². The molecule has 0 radical (unpaired) electrons. The largest absolute Gasteiger partial charge is 0.378 e. The van der Waals surface area contributed by atoms with Crippen molar-refractivity contribution in [3.63, 3.8) is 0 Å². The summed E-state index contributed by atoms with van der Waals surface area (Å²) in [4.78, 5) is 0. The molecule has 0 aliphatic heterocycles. The summed E-state index contributed by atoms with van der Waals surface area (Å²) in [6.45, 7) is 6.17. The Morgan fingerprint density at radius 2 is 1.82 bits per heavy atom. The average molecular weight is 152 g/mol. The van der Waals surface area contributed by atoms with Crippen LogP contribution >= 0.6 is 0 Å². The second kappa shape index (κ2) is 2.53. The molecule has 0 unspecified atom stereocenters. The van der Waals surface area contributed by atoms with Crippen LogP contribution in [0.5, 0.6) is 0 Å². The van der Waals surface area contributed by atoms with E-state index in [1.165, 1.54) is 0 Å². The zero-order valence-corrected chi connectivity index (χ0v) is 7.57. The van der Waals surface area contributed by atoms with E-state index in [0.29, 0.717) is 0 Å². The van der Waals surface area contributed by atoms with E-state index in [2.05, 4.69) is 32.6 Å². The monoisotopic (exact) mass is 152 g/mol. The van der Waals surface area contributed by atoms with Gasteiger partial charge in [0.1, 0.15) is 5.60 Å². The first-order chi connectivity index (χ1) is 4.91. The van der Waals surface area contributed by atoms with Gasteiger partial charge in [-0.25, -0.2) is 0 Å². The van der Waals surface area contributed by atoms with Crippen molar-refractivity contribution < 1.29 is 5.11 Å². The fourth-order valence-corrected chi connectivity index (χ4v) is 0.941. The van der Waals surface area contributed by atoms with Gasteiger partial charge in [-0.3, -0.25) is 0 Å². The molecule has 0 amide bonds. The van der Waals surface area contributed by atoms with Crippen molar-refractivity contribution in [2.75, 3.05) is 0 Å². The number of hydrogen-bond donors (Lipinski definition) is 1. The highest BCUT2D eigenvalue weighted by Crippen LogP contribution is 2.31. The molecular weight excluding hydrogens is 136 g/mol. The molecule has 1 fully saturated rings. The molecule has 0 saturated heterocycles. The van der Waals surface area contributed by atoms with Gasteiger partial charge < -0.3 is 5.11 Å². The van der Waals surface area contributed by atoms with Crippen LogP contribution in [0.3, 0.4) is 0 Å². The molecular formula is C10H16O. The van der Waals surface area contributed by atoms with Gasteiger partial charge in [-0.15, -0.1) is 0 Å². The second-order valence-corrected chi connectivity index (χ2v) is 4.39. The Labute approximate surface area is 68.8 Å². The SMILES string of the molecule is CC(C)(C)C#CC1(O)CCC1. The predicted molar refractivity (Wildman–Crippen MR) is 46.0 cm³/mol. The number of hydrogen-bond acceptors (Lipinski definition) is 1. The van der Waals surface area contributed by atoms with Crippen molar-refractivity contribution in [2.24, 2.45) is 5.41 Å². The van der Waals surface area contributed by atoms with Crippen molar-refractivity contribution in [1.29, 1.82) is 0 Å². The molecule has 0 bridgehead atoms. The molecule has 0 aromatic heterocycles. The topological polar surface area (TPSA) is 20.2 Å². The maximum Gasteiger partial charge on any atom is 0.125 e. The van der Waals surface area contributed by atoms with Crippen LogP contribution in [0, 0.1) is 17.3 Å². The molecule has 1 heteroatoms. The molecule has 1 rings (SSSR count). The molecule has 1 N–H and O–H groups in total. The fraction of sp³-hybridized carbons (Fsp3) is 0.800. The van der Waals surface area contributed by atoms with Gasteiger partial charge in [0.05, 0.1) is 0 Å². The summed E-state index contributed by atoms with van der Waals surface area (Å²) < 4.78 is 0. The minimum absolute atomic E-state index is 0.0192. The van der Waals surface area contributed by atoms with Gasteiger partial charge in [-0.1, -0.05) is 11.8 Å². The molecule has 0 aromatic carbocycles. The summed E-state index contributed by atoms with van der Waals surface area (Å²) in [6.07, 6.45) is 2.83. The minimum Gasteiger partial charge on any atom is -0.378 e. The molecule has 1 saturated carbocycles. The maximum atomic E-state index is 9.60. The highest BCUT2D eigenvalue weighted by atomic mass is 16.3. The third-order valence-corrected chi connectivity index (χ3v) is 1.85. The number of aliphatic hydroxyl groups is 1. The van der Waals surface area contributed by atoms with E-state index in [4.69, 9.17) is 0 Å². The van der Waals surface area contributed by atoms with Crippen LogP contribution in [0.15, 0.2) is 0 Å². The zero-order valence-electron chi connectivity index (χ0n) is 7.57. The van der Waals surface area contributed by atoms with E-state index in [1.807, 2.05) is 0 Å². The van der Waals surface area contributed by atoms with E-state index < -0.39 is 5.60 Å². The quantitative estimate of drug-likeness (QED) is 0.526. The van der Waals surface area contributed by atoms with Crippen molar-refractivity contribution in [3.8, 4) is 11.8 Å². The first-order valence-corrected chi connectivity index (χ1v) is 4.18. The Bertz CT molecular complexity index is 195. The highest BCUT2D eigenvalue weighted by molar-refractivity contribution is 5.20. The zero-order chi connectivity index (χ0) is 8.54. The molecule has 0 aromatic rings. The Morgan fingerprint density at radius 1 is 1.27 bits per heavy atom. The van der Waals surface area contributed by atoms with E-state index in [1.54, 1.807) is 0 Å². The normalized spacial score (nSPS) is 21.5. The van der Waals surface area contributed by atoms with Gasteiger partial charge in [0.15, 0.2) is 0 Å². The molecule has 1 nitrogen and oxygen atoms in total. The lowest BCUT2D eigenvalue weighted by atomic mass is 9.80. The summed E-state index contributed by atoms with van der Waals surface area (Å²) >= 11 is 0. The number of rotatable bonds is 0. The first kappa shape index (κ1) is 8.62. The van der Waals surface area contributed by atoms with Gasteiger partial charge in [0.2, 0.25) is 0 Å². The Hall–Kier alpha value is -0.480. The lowest BCUT2D eigenvalue weighted by Gasteiger charge is -2.31. The first-order valence-electron chi connectivity index (χ1n) is 4.18. The summed E-state index contributed by atoms with van der Waals surface area (Å²) in [5.41, 5.74) is -0.612. The smallest absolute Gasteiger partial charge is 0.125 e. The molecule has 62 valence electrons. The maximum absolute atomic E-state index is 9.60. The standard InChI is InChI=1S/C10H16O/c1-9(2,3)7-8-10(11)5-4-6-10/h11H,4-6H2,1-3H3. The second-order valence-electron chi connectivity index (χ2n) is 4.39. The van der Waals surface area contributed by atoms with Crippen LogP contribution in [0.25, 0.3) is 0 Å². The van der Waals surface area contributed by atoms with Gasteiger partial charge in [-0.05, 0) is 40.0 Å². The van der Waals surface area contributed by atoms with Gasteiger partial charge in [-0.2, -0.15) is 0 Å². The Kier molecular flexibility index (Phi) is 1.98. The highest BCUT2D eigenvalue weighted by Gasteiger charge is 2.32. The van der Waals surface area contributed by atoms with Gasteiger partial charge >= 0.3 is 0 Å². The molecule has 1 aliphatic rings. The Morgan fingerprint density at radius 3 is 2.09 bits per heavy atom. The van der Waals surface area contributed by atoms with Crippen molar-refractivity contribution >= 4 is 0 Å². The van der Waals surface area contributed by atoms with Crippen molar-refractivity contribution in [1.82, 2.24) is 0 Å². The fourth-order valence-electron chi connectivity index (χ4n) is 0.941. The van der Waals surface area contributed by atoms with Gasteiger partial charge in [0.25, 0.3) is 0 Å². The third-order valence-electron chi connectivity index (χ3n) is 1.85. The van der Waals surface area contributed by atoms with E-state index >= 15 is 0 Å². The van der Waals surface area contributed by atoms with Crippen LogP contribution in [0.4, 0.5) is 0 Å². The van der Waals surface area contributed by atoms with E-state index in [0.717, 1.165) is 19.3 Å². The molecule has 1 aliphatic carbocycles. The summed E-state index contributed by atoms with van der Waals surface area (Å²) in [5, 5.41) is 9.60. The molecule has 0 heterocycles. The lowest BCUT2D eigenvalue weighted by molar-refractivity contribution is 0.0236. The van der Waals surface area contributed by atoms with E-state index in [9.17, 15) is 5.11 Å². The van der Waals surface area contributed by atoms with Crippen LogP contribution in [0.2, 0.25) is 0 Å². The van der Waals surface area contributed by atoms with Gasteiger partial charge in [0, 0.05) is 5.41 Å². The molecule has 11 heavy (non-hydrogen) atoms. The van der Waals surface area contributed by atoms with Crippen molar-refractivity contribution in [3.05, 3.63) is 0 Å². The Balaban J connectivity index is 2.56. The third kappa shape index (κ3) is 2.55. The predicted octanol–water partition coefficient (Wildman–Crippen LogP) is 1.95. The lowest BCUT2D eigenvalue weighted by Crippen LogP contribution is -2.35. The molecule has 0 spiro atoms.